The molecule has 0 spiro atoms. The molecule has 0 saturated heterocycles. The van der Waals surface area contributed by atoms with E-state index in [4.69, 9.17) is 5.73 Å². The molecular formula is C11H18N3. The molecule has 1 radical (unpaired) electrons. The van der Waals surface area contributed by atoms with E-state index in [0.717, 1.165) is 30.0 Å². The third-order valence-corrected chi connectivity index (χ3v) is 1.90. The second-order valence-corrected chi connectivity index (χ2v) is 3.08. The Morgan fingerprint density at radius 2 is 1.64 bits per heavy atom. The van der Waals surface area contributed by atoms with Crippen molar-refractivity contribution in [3.05, 3.63) is 23.8 Å². The van der Waals surface area contributed by atoms with E-state index in [9.17, 15) is 0 Å². The highest BCUT2D eigenvalue weighted by Gasteiger charge is 1.98. The quantitative estimate of drug-likeness (QED) is 0.667. The molecule has 14 heavy (non-hydrogen) atoms. The van der Waals surface area contributed by atoms with E-state index >= 15 is 0 Å². The topological polar surface area (TPSA) is 50.1 Å². The molecule has 0 heterocycles. The SMILES string of the molecule is CCNc1[c]c(NCC)cc(CN)c1. The lowest BCUT2D eigenvalue weighted by Gasteiger charge is -2.09. The minimum Gasteiger partial charge on any atom is -0.385 e. The average molecular weight is 192 g/mol. The zero-order valence-corrected chi connectivity index (χ0v) is 8.85. The molecule has 3 heteroatoms. The Bertz CT molecular complexity index is 260. The van der Waals surface area contributed by atoms with Gasteiger partial charge < -0.3 is 16.4 Å². The zero-order chi connectivity index (χ0) is 10.4. The lowest BCUT2D eigenvalue weighted by molar-refractivity contribution is 1.06. The maximum atomic E-state index is 5.61. The molecule has 1 aromatic carbocycles. The second kappa shape index (κ2) is 5.50. The predicted molar refractivity (Wildman–Crippen MR) is 61.5 cm³/mol. The van der Waals surface area contributed by atoms with Crippen LogP contribution < -0.4 is 16.4 Å². The van der Waals surface area contributed by atoms with Crippen molar-refractivity contribution in [3.63, 3.8) is 0 Å². The first-order valence-corrected chi connectivity index (χ1v) is 5.04. The van der Waals surface area contributed by atoms with Gasteiger partial charge in [-0.1, -0.05) is 0 Å². The Morgan fingerprint density at radius 1 is 1.14 bits per heavy atom. The molecule has 3 nitrogen and oxygen atoms in total. The molecule has 0 aliphatic carbocycles. The molecule has 0 saturated carbocycles. The van der Waals surface area contributed by atoms with Gasteiger partial charge >= 0.3 is 0 Å². The Hall–Kier alpha value is -1.22. The highest BCUT2D eigenvalue weighted by atomic mass is 14.9. The second-order valence-electron chi connectivity index (χ2n) is 3.08. The normalized spacial score (nSPS) is 9.93. The van der Waals surface area contributed by atoms with Crippen LogP contribution in [0.5, 0.6) is 0 Å². The van der Waals surface area contributed by atoms with Gasteiger partial charge in [-0.3, -0.25) is 0 Å². The minimum absolute atomic E-state index is 0.561. The fraction of sp³-hybridized carbons (Fsp3) is 0.455. The van der Waals surface area contributed by atoms with E-state index in [2.05, 4.69) is 30.5 Å². The lowest BCUT2D eigenvalue weighted by Crippen LogP contribution is -2.04. The van der Waals surface area contributed by atoms with Gasteiger partial charge in [0.25, 0.3) is 0 Å². The summed E-state index contributed by atoms with van der Waals surface area (Å²) in [5.41, 5.74) is 8.74. The lowest BCUT2D eigenvalue weighted by atomic mass is 10.1. The first-order chi connectivity index (χ1) is 6.80. The van der Waals surface area contributed by atoms with Crippen molar-refractivity contribution in [3.8, 4) is 0 Å². The number of rotatable bonds is 5. The summed E-state index contributed by atoms with van der Waals surface area (Å²) in [4.78, 5) is 0. The number of benzene rings is 1. The summed E-state index contributed by atoms with van der Waals surface area (Å²) in [7, 11) is 0. The molecule has 1 rings (SSSR count). The number of anilines is 2. The number of nitrogens with one attached hydrogen (secondary N) is 2. The van der Waals surface area contributed by atoms with Gasteiger partial charge in [0.05, 0.1) is 0 Å². The van der Waals surface area contributed by atoms with E-state index in [1.165, 1.54) is 0 Å². The van der Waals surface area contributed by atoms with E-state index in [1.54, 1.807) is 0 Å². The molecular weight excluding hydrogens is 174 g/mol. The van der Waals surface area contributed by atoms with Crippen molar-refractivity contribution in [1.29, 1.82) is 0 Å². The molecule has 0 atom stereocenters. The minimum atomic E-state index is 0.561. The van der Waals surface area contributed by atoms with Crippen LogP contribution in [0.4, 0.5) is 11.4 Å². The third kappa shape index (κ3) is 2.92. The monoisotopic (exact) mass is 192 g/mol. The van der Waals surface area contributed by atoms with Crippen LogP contribution in [0, 0.1) is 6.07 Å². The first kappa shape index (κ1) is 10.9. The fourth-order valence-electron chi connectivity index (χ4n) is 1.32. The summed E-state index contributed by atoms with van der Waals surface area (Å²) in [5.74, 6) is 0. The van der Waals surface area contributed by atoms with Crippen LogP contribution in [-0.4, -0.2) is 13.1 Å². The average Bonchev–Trinajstić information content (AvgIpc) is 2.18. The maximum Gasteiger partial charge on any atom is 0.0445 e. The van der Waals surface area contributed by atoms with E-state index in [1.807, 2.05) is 12.1 Å². The van der Waals surface area contributed by atoms with Gasteiger partial charge in [0.15, 0.2) is 0 Å². The summed E-state index contributed by atoms with van der Waals surface area (Å²) in [6.45, 7) is 6.49. The first-order valence-electron chi connectivity index (χ1n) is 5.04. The molecule has 0 aliphatic heterocycles. The van der Waals surface area contributed by atoms with Gasteiger partial charge in [0.1, 0.15) is 0 Å². The van der Waals surface area contributed by atoms with Crippen LogP contribution in [-0.2, 0) is 6.54 Å². The molecule has 0 unspecified atom stereocenters. The summed E-state index contributed by atoms with van der Waals surface area (Å²) in [6.07, 6.45) is 0. The van der Waals surface area contributed by atoms with E-state index in [-0.39, 0.29) is 0 Å². The molecule has 0 fully saturated rings. The van der Waals surface area contributed by atoms with Crippen molar-refractivity contribution < 1.29 is 0 Å². The smallest absolute Gasteiger partial charge is 0.0445 e. The van der Waals surface area contributed by atoms with Gasteiger partial charge in [0, 0.05) is 37.1 Å². The Morgan fingerprint density at radius 3 is 2.00 bits per heavy atom. The molecule has 0 amide bonds. The maximum absolute atomic E-state index is 5.61. The Labute approximate surface area is 85.7 Å². The largest absolute Gasteiger partial charge is 0.385 e. The van der Waals surface area contributed by atoms with E-state index in [0.29, 0.717) is 6.54 Å². The van der Waals surface area contributed by atoms with Gasteiger partial charge in [-0.2, -0.15) is 0 Å². The van der Waals surface area contributed by atoms with Crippen LogP contribution in [0.15, 0.2) is 12.1 Å². The molecule has 1 aromatic rings. The highest BCUT2D eigenvalue weighted by molar-refractivity contribution is 5.57. The number of hydrogen-bond donors (Lipinski definition) is 3. The van der Waals surface area contributed by atoms with Gasteiger partial charge in [-0.25, -0.2) is 0 Å². The summed E-state index contributed by atoms with van der Waals surface area (Å²) in [6, 6.07) is 7.31. The van der Waals surface area contributed by atoms with Crippen LogP contribution in [0.1, 0.15) is 19.4 Å². The van der Waals surface area contributed by atoms with Crippen molar-refractivity contribution in [1.82, 2.24) is 0 Å². The molecule has 4 N–H and O–H groups in total. The van der Waals surface area contributed by atoms with Crippen LogP contribution in [0.3, 0.4) is 0 Å². The highest BCUT2D eigenvalue weighted by Crippen LogP contribution is 2.17. The van der Waals surface area contributed by atoms with Crippen molar-refractivity contribution in [2.45, 2.75) is 20.4 Å². The number of hydrogen-bond acceptors (Lipinski definition) is 3. The van der Waals surface area contributed by atoms with Gasteiger partial charge in [-0.15, -0.1) is 0 Å². The molecule has 0 aliphatic rings. The van der Waals surface area contributed by atoms with Crippen molar-refractivity contribution in [2.75, 3.05) is 23.7 Å². The van der Waals surface area contributed by atoms with Gasteiger partial charge in [-0.05, 0) is 31.5 Å². The third-order valence-electron chi connectivity index (χ3n) is 1.90. The van der Waals surface area contributed by atoms with Crippen LogP contribution in [0.2, 0.25) is 0 Å². The van der Waals surface area contributed by atoms with Crippen LogP contribution in [0.25, 0.3) is 0 Å². The Kier molecular flexibility index (Phi) is 4.26. The van der Waals surface area contributed by atoms with E-state index < -0.39 is 0 Å². The van der Waals surface area contributed by atoms with Crippen molar-refractivity contribution in [2.24, 2.45) is 5.73 Å². The predicted octanol–water partition coefficient (Wildman–Crippen LogP) is 1.81. The molecule has 77 valence electrons. The van der Waals surface area contributed by atoms with Crippen molar-refractivity contribution >= 4 is 11.4 Å². The summed E-state index contributed by atoms with van der Waals surface area (Å²) in [5, 5.41) is 6.46. The molecule has 0 aromatic heterocycles. The standard InChI is InChI=1S/C11H18N3/c1-3-13-10-5-9(8-12)6-11(7-10)14-4-2/h5-6,13-14H,3-4,8,12H2,1-2H3. The Balaban J connectivity index is 2.88. The zero-order valence-electron chi connectivity index (χ0n) is 8.85. The number of nitrogens with two attached hydrogens (primary N) is 1. The summed E-state index contributed by atoms with van der Waals surface area (Å²) >= 11 is 0. The van der Waals surface area contributed by atoms with Gasteiger partial charge in [0.2, 0.25) is 0 Å². The fourth-order valence-corrected chi connectivity index (χ4v) is 1.32. The summed E-state index contributed by atoms with van der Waals surface area (Å²) < 4.78 is 0. The molecule has 0 bridgehead atoms. The van der Waals surface area contributed by atoms with Crippen LogP contribution >= 0.6 is 0 Å².